The van der Waals surface area contributed by atoms with Crippen molar-refractivity contribution in [3.8, 4) is 11.5 Å². The quantitative estimate of drug-likeness (QED) is 0.323. The normalized spacial score (nSPS) is 14.2. The molecule has 0 amide bonds. The van der Waals surface area contributed by atoms with E-state index in [9.17, 15) is 9.59 Å². The van der Waals surface area contributed by atoms with Crippen molar-refractivity contribution in [3.05, 3.63) is 101 Å². The van der Waals surface area contributed by atoms with Gasteiger partial charge in [-0.1, -0.05) is 79.9 Å². The number of carbonyl (C=O) groups is 2. The summed E-state index contributed by atoms with van der Waals surface area (Å²) >= 11 is 0. The van der Waals surface area contributed by atoms with E-state index in [0.717, 1.165) is 25.7 Å². The van der Waals surface area contributed by atoms with Gasteiger partial charge in [0.05, 0.1) is 17.4 Å². The van der Waals surface area contributed by atoms with Crippen molar-refractivity contribution in [1.82, 2.24) is 0 Å². The Morgan fingerprint density at radius 1 is 0.727 bits per heavy atom. The average Bonchev–Trinajstić information content (AvgIpc) is 3.53. The average molecular weight is 440 g/mol. The summed E-state index contributed by atoms with van der Waals surface area (Å²) in [4.78, 5) is 27.5. The molecule has 1 saturated carbocycles. The second-order valence-corrected chi connectivity index (χ2v) is 8.36. The van der Waals surface area contributed by atoms with Gasteiger partial charge in [0.1, 0.15) is 0 Å². The molecule has 5 rings (SSSR count). The number of hydrogen-bond acceptors (Lipinski definition) is 5. The lowest BCUT2D eigenvalue weighted by molar-refractivity contribution is 0.100. The van der Waals surface area contributed by atoms with Crippen LogP contribution in [0.25, 0.3) is 11.5 Å². The van der Waals surface area contributed by atoms with Crippen molar-refractivity contribution in [2.75, 3.05) is 5.32 Å². The Hall–Kier alpha value is -3.86. The summed E-state index contributed by atoms with van der Waals surface area (Å²) in [6, 6.07) is 21.6. The highest BCUT2D eigenvalue weighted by atomic mass is 16.4. The molecule has 0 radical (unpaired) electrons. The highest BCUT2D eigenvalue weighted by Crippen LogP contribution is 2.39. The number of anilines is 1. The van der Waals surface area contributed by atoms with Crippen LogP contribution in [0.2, 0.25) is 0 Å². The zero-order chi connectivity index (χ0) is 22.6. The van der Waals surface area contributed by atoms with Crippen LogP contribution in [0.4, 0.5) is 5.88 Å². The van der Waals surface area contributed by atoms with E-state index in [1.165, 1.54) is 12.7 Å². The van der Waals surface area contributed by atoms with Gasteiger partial charge in [0.2, 0.25) is 5.88 Å². The van der Waals surface area contributed by atoms with E-state index >= 15 is 0 Å². The molecule has 2 aromatic heterocycles. The maximum atomic E-state index is 13.8. The molecule has 0 spiro atoms. The van der Waals surface area contributed by atoms with E-state index in [1.54, 1.807) is 48.5 Å². The summed E-state index contributed by atoms with van der Waals surface area (Å²) in [5, 5.41) is 3.45. The fourth-order valence-electron chi connectivity index (χ4n) is 4.45. The molecule has 4 aromatic rings. The van der Waals surface area contributed by atoms with Crippen LogP contribution in [0.5, 0.6) is 0 Å². The molecule has 0 saturated heterocycles. The third-order valence-corrected chi connectivity index (χ3v) is 6.12. The lowest BCUT2D eigenvalue weighted by Crippen LogP contribution is -2.23. The SMILES string of the molecule is O=C(c1ccccc1)c1c(NC2CCCCC2)oc(-c2ccco2)c1C(=O)c1ccccc1. The third kappa shape index (κ3) is 4.27. The predicted octanol–water partition coefficient (Wildman–Crippen LogP) is 6.75. The molecule has 1 aliphatic carbocycles. The molecule has 1 fully saturated rings. The van der Waals surface area contributed by atoms with Crippen molar-refractivity contribution in [2.45, 2.75) is 38.1 Å². The lowest BCUT2D eigenvalue weighted by atomic mass is 9.92. The van der Waals surface area contributed by atoms with Crippen LogP contribution < -0.4 is 5.32 Å². The zero-order valence-electron chi connectivity index (χ0n) is 18.3. The summed E-state index contributed by atoms with van der Waals surface area (Å²) < 4.78 is 11.8. The summed E-state index contributed by atoms with van der Waals surface area (Å²) in [6.07, 6.45) is 6.99. The summed E-state index contributed by atoms with van der Waals surface area (Å²) in [5.41, 5.74) is 1.46. The van der Waals surface area contributed by atoms with Crippen molar-refractivity contribution in [3.63, 3.8) is 0 Å². The van der Waals surface area contributed by atoms with Crippen molar-refractivity contribution in [1.29, 1.82) is 0 Å². The minimum absolute atomic E-state index is 0.191. The molecule has 2 heterocycles. The Labute approximate surface area is 192 Å². The van der Waals surface area contributed by atoms with Crippen LogP contribution in [-0.2, 0) is 0 Å². The molecule has 33 heavy (non-hydrogen) atoms. The molecule has 2 aromatic carbocycles. The topological polar surface area (TPSA) is 72.5 Å². The second-order valence-electron chi connectivity index (χ2n) is 8.36. The highest BCUT2D eigenvalue weighted by Gasteiger charge is 2.34. The van der Waals surface area contributed by atoms with Crippen molar-refractivity contribution < 1.29 is 18.4 Å². The monoisotopic (exact) mass is 439 g/mol. The first-order chi connectivity index (χ1) is 16.2. The molecule has 0 unspecified atom stereocenters. The van der Waals surface area contributed by atoms with Gasteiger partial charge in [-0.3, -0.25) is 9.59 Å². The van der Waals surface area contributed by atoms with E-state index in [-0.39, 0.29) is 34.5 Å². The van der Waals surface area contributed by atoms with Gasteiger partial charge in [-0.05, 0) is 25.0 Å². The van der Waals surface area contributed by atoms with E-state index in [0.29, 0.717) is 22.8 Å². The summed E-state index contributed by atoms with van der Waals surface area (Å²) in [6.45, 7) is 0. The van der Waals surface area contributed by atoms with Gasteiger partial charge in [0, 0.05) is 17.2 Å². The second kappa shape index (κ2) is 9.33. The van der Waals surface area contributed by atoms with Gasteiger partial charge >= 0.3 is 0 Å². The Morgan fingerprint density at radius 3 is 1.91 bits per heavy atom. The van der Waals surface area contributed by atoms with Crippen LogP contribution in [-0.4, -0.2) is 17.6 Å². The zero-order valence-corrected chi connectivity index (χ0v) is 18.3. The molecular weight excluding hydrogens is 414 g/mol. The Bertz CT molecular complexity index is 1230. The standard InChI is InChI=1S/C28H25NO4/c30-25(19-11-4-1-5-12-19)23-24(26(31)20-13-6-2-7-14-20)28(29-21-15-8-3-9-16-21)33-27(23)22-17-10-18-32-22/h1-2,4-7,10-14,17-18,21,29H,3,8-9,15-16H2. The maximum Gasteiger partial charge on any atom is 0.206 e. The van der Waals surface area contributed by atoms with E-state index < -0.39 is 0 Å². The Balaban J connectivity index is 1.70. The van der Waals surface area contributed by atoms with Crippen LogP contribution in [0.1, 0.15) is 63.9 Å². The molecule has 1 aliphatic rings. The van der Waals surface area contributed by atoms with Gasteiger partial charge in [0.25, 0.3) is 0 Å². The first-order valence-corrected chi connectivity index (χ1v) is 11.4. The lowest BCUT2D eigenvalue weighted by Gasteiger charge is -2.23. The van der Waals surface area contributed by atoms with Gasteiger partial charge < -0.3 is 14.2 Å². The molecule has 5 nitrogen and oxygen atoms in total. The molecule has 166 valence electrons. The number of benzene rings is 2. The first kappa shape index (κ1) is 21.0. The third-order valence-electron chi connectivity index (χ3n) is 6.12. The minimum Gasteiger partial charge on any atom is -0.461 e. The summed E-state index contributed by atoms with van der Waals surface area (Å²) in [7, 11) is 0. The number of rotatable bonds is 7. The number of ketones is 2. The Kier molecular flexibility index (Phi) is 5.94. The molecule has 1 N–H and O–H groups in total. The van der Waals surface area contributed by atoms with Gasteiger partial charge in [-0.25, -0.2) is 0 Å². The number of hydrogen-bond donors (Lipinski definition) is 1. The van der Waals surface area contributed by atoms with Gasteiger partial charge in [-0.15, -0.1) is 0 Å². The van der Waals surface area contributed by atoms with Gasteiger partial charge in [0.15, 0.2) is 23.1 Å². The Morgan fingerprint density at radius 2 is 1.33 bits per heavy atom. The maximum absolute atomic E-state index is 13.8. The molecule has 0 bridgehead atoms. The molecule has 5 heteroatoms. The van der Waals surface area contributed by atoms with E-state index in [4.69, 9.17) is 8.83 Å². The van der Waals surface area contributed by atoms with E-state index in [2.05, 4.69) is 5.32 Å². The first-order valence-electron chi connectivity index (χ1n) is 11.4. The number of nitrogens with one attached hydrogen (secondary N) is 1. The van der Waals surface area contributed by atoms with Crippen LogP contribution in [0, 0.1) is 0 Å². The van der Waals surface area contributed by atoms with Gasteiger partial charge in [-0.2, -0.15) is 0 Å². The van der Waals surface area contributed by atoms with Crippen LogP contribution in [0.3, 0.4) is 0 Å². The number of furan rings is 2. The molecule has 0 aliphatic heterocycles. The van der Waals surface area contributed by atoms with E-state index in [1.807, 2.05) is 24.3 Å². The smallest absolute Gasteiger partial charge is 0.206 e. The predicted molar refractivity (Wildman–Crippen MR) is 127 cm³/mol. The fraction of sp³-hybridized carbons (Fsp3) is 0.214. The van der Waals surface area contributed by atoms with Crippen molar-refractivity contribution in [2.24, 2.45) is 0 Å². The molecule has 0 atom stereocenters. The fourth-order valence-corrected chi connectivity index (χ4v) is 4.45. The van der Waals surface area contributed by atoms with Crippen LogP contribution in [0.15, 0.2) is 87.9 Å². The highest BCUT2D eigenvalue weighted by molar-refractivity contribution is 6.23. The van der Waals surface area contributed by atoms with Crippen molar-refractivity contribution >= 4 is 17.5 Å². The molecular formula is C28H25NO4. The minimum atomic E-state index is -0.276. The number of carbonyl (C=O) groups excluding carboxylic acids is 2. The summed E-state index contributed by atoms with van der Waals surface area (Å²) in [5.74, 6) is 0.484. The largest absolute Gasteiger partial charge is 0.461 e. The van der Waals surface area contributed by atoms with Crippen LogP contribution >= 0.6 is 0 Å².